The lowest BCUT2D eigenvalue weighted by atomic mass is 10.2. The van der Waals surface area contributed by atoms with Gasteiger partial charge in [0.1, 0.15) is 17.3 Å². The van der Waals surface area contributed by atoms with Crippen molar-refractivity contribution in [2.45, 2.75) is 37.3 Å². The van der Waals surface area contributed by atoms with Gasteiger partial charge in [-0.2, -0.15) is 0 Å². The van der Waals surface area contributed by atoms with Crippen molar-refractivity contribution in [2.24, 2.45) is 5.73 Å². The van der Waals surface area contributed by atoms with E-state index in [2.05, 4.69) is 25.6 Å². The number of carbonyl (C=O) groups excluding carboxylic acids is 1. The number of imidazole rings is 1. The van der Waals surface area contributed by atoms with Gasteiger partial charge in [0.2, 0.25) is 11.9 Å². The summed E-state index contributed by atoms with van der Waals surface area (Å²) in [5.41, 5.74) is 6.43. The number of ether oxygens (including phenoxy) is 1. The summed E-state index contributed by atoms with van der Waals surface area (Å²) in [5, 5.41) is 33.7. The number of H-pyrrole nitrogens is 1. The van der Waals surface area contributed by atoms with Gasteiger partial charge in [0.25, 0.3) is 0 Å². The molecule has 1 fully saturated rings. The molecule has 1 aliphatic rings. The highest BCUT2D eigenvalue weighted by Crippen LogP contribution is 2.31. The first-order valence-corrected chi connectivity index (χ1v) is 10.3. The maximum atomic E-state index is 11.6. The predicted octanol–water partition coefficient (Wildman–Crippen LogP) is -0.984. The Morgan fingerprint density at radius 1 is 1.44 bits per heavy atom. The molecule has 0 bridgehead atoms. The first-order chi connectivity index (χ1) is 15.3. The van der Waals surface area contributed by atoms with Crippen LogP contribution in [0.1, 0.15) is 19.1 Å². The van der Waals surface area contributed by atoms with E-state index in [1.807, 2.05) is 0 Å². The van der Waals surface area contributed by atoms with Crippen LogP contribution in [0.25, 0.3) is 11.2 Å². The van der Waals surface area contributed by atoms with Crippen LogP contribution < -0.4 is 16.4 Å². The molecule has 0 aromatic carbocycles. The third-order valence-corrected chi connectivity index (χ3v) is 5.05. The Balaban J connectivity index is 1.59. The fourth-order valence-corrected chi connectivity index (χ4v) is 3.44. The molecule has 0 spiro atoms. The first kappa shape index (κ1) is 23.7. The number of aliphatic carboxylic acids is 1. The average molecular weight is 468 g/mol. The fourth-order valence-electron chi connectivity index (χ4n) is 3.20. The number of nitrogens with one attached hydrogen (secondary N) is 3. The number of anilines is 1. The molecule has 2 aromatic rings. The molecule has 1 saturated heterocycles. The van der Waals surface area contributed by atoms with E-state index < -0.39 is 42.8 Å². The minimum atomic E-state index is -1.14. The SMILES string of the molecule is NC(CC(=O)O)C(=O)NC/C=C/CNc1nc(=S)c2ncn([C@@H]3O[C@H](CO)CC3O)c2[nH]1. The zero-order valence-electron chi connectivity index (χ0n) is 17.0. The number of amides is 1. The molecule has 0 radical (unpaired) electrons. The van der Waals surface area contributed by atoms with Gasteiger partial charge < -0.3 is 41.4 Å². The number of hydrogen-bond acceptors (Lipinski definition) is 10. The molecule has 8 N–H and O–H groups in total. The van der Waals surface area contributed by atoms with Crippen LogP contribution in [0.15, 0.2) is 18.5 Å². The molecule has 1 aliphatic heterocycles. The highest BCUT2D eigenvalue weighted by Gasteiger charge is 2.35. The zero-order valence-corrected chi connectivity index (χ0v) is 17.8. The lowest BCUT2D eigenvalue weighted by Crippen LogP contribution is -2.41. The number of nitrogens with zero attached hydrogens (tertiary/aromatic N) is 3. The smallest absolute Gasteiger partial charge is 0.305 e. The molecule has 2 aromatic heterocycles. The van der Waals surface area contributed by atoms with Crippen LogP contribution in [0.5, 0.6) is 0 Å². The van der Waals surface area contributed by atoms with Crippen LogP contribution in [0.2, 0.25) is 0 Å². The lowest BCUT2D eigenvalue weighted by Gasteiger charge is -2.17. The standard InChI is InChI=1S/C18H25N7O6S/c19-10(6-12(28)29)15(30)20-3-1-2-4-21-18-23-14-13(16(32)24-18)22-8-25(14)17-11(27)5-9(7-26)31-17/h1-2,8-11,17,26-27H,3-7,19H2,(H,20,30)(H,28,29)(H2,21,23,24,32)/b2-1+/t9-,10?,11?,17+/m0/s1. The molecule has 32 heavy (non-hydrogen) atoms. The van der Waals surface area contributed by atoms with Gasteiger partial charge in [0.15, 0.2) is 10.9 Å². The van der Waals surface area contributed by atoms with Crippen molar-refractivity contribution in [1.29, 1.82) is 0 Å². The molecular weight excluding hydrogens is 442 g/mol. The Morgan fingerprint density at radius 2 is 2.19 bits per heavy atom. The largest absolute Gasteiger partial charge is 0.481 e. The molecule has 0 aliphatic carbocycles. The summed E-state index contributed by atoms with van der Waals surface area (Å²) in [6, 6.07) is -1.10. The van der Waals surface area contributed by atoms with E-state index in [1.54, 1.807) is 16.7 Å². The summed E-state index contributed by atoms with van der Waals surface area (Å²) in [5.74, 6) is -1.32. The topological polar surface area (TPSA) is 201 Å². The number of hydrogen-bond donors (Lipinski definition) is 7. The maximum Gasteiger partial charge on any atom is 0.305 e. The average Bonchev–Trinajstić information content (AvgIpc) is 3.33. The van der Waals surface area contributed by atoms with Crippen LogP contribution in [0, 0.1) is 4.64 Å². The second kappa shape index (κ2) is 10.6. The molecular formula is C18H25N7O6S. The summed E-state index contributed by atoms with van der Waals surface area (Å²) >= 11 is 5.30. The third kappa shape index (κ3) is 5.66. The summed E-state index contributed by atoms with van der Waals surface area (Å²) < 4.78 is 7.55. The van der Waals surface area contributed by atoms with Crippen molar-refractivity contribution < 1.29 is 29.6 Å². The summed E-state index contributed by atoms with van der Waals surface area (Å²) in [6.07, 6.45) is 2.79. The molecule has 3 rings (SSSR count). The van der Waals surface area contributed by atoms with Gasteiger partial charge in [-0.3, -0.25) is 14.2 Å². The van der Waals surface area contributed by atoms with Crippen molar-refractivity contribution in [2.75, 3.05) is 25.0 Å². The summed E-state index contributed by atoms with van der Waals surface area (Å²) in [7, 11) is 0. The maximum absolute atomic E-state index is 11.6. The number of carbonyl (C=O) groups is 2. The number of aromatic nitrogens is 4. The second-order valence-corrected chi connectivity index (χ2v) is 7.56. The van der Waals surface area contributed by atoms with E-state index >= 15 is 0 Å². The molecule has 174 valence electrons. The van der Waals surface area contributed by atoms with Crippen LogP contribution in [-0.4, -0.2) is 84.7 Å². The van der Waals surface area contributed by atoms with E-state index in [1.165, 1.54) is 6.33 Å². The van der Waals surface area contributed by atoms with Crippen molar-refractivity contribution in [3.05, 3.63) is 23.1 Å². The minimum absolute atomic E-state index is 0.187. The fraction of sp³-hybridized carbons (Fsp3) is 0.500. The number of rotatable bonds is 10. The molecule has 1 amide bonds. The highest BCUT2D eigenvalue weighted by molar-refractivity contribution is 7.71. The van der Waals surface area contributed by atoms with Crippen LogP contribution in [0.3, 0.4) is 0 Å². The van der Waals surface area contributed by atoms with Crippen LogP contribution in [0.4, 0.5) is 5.95 Å². The van der Waals surface area contributed by atoms with E-state index in [-0.39, 0.29) is 17.8 Å². The van der Waals surface area contributed by atoms with Crippen molar-refractivity contribution >= 4 is 41.2 Å². The highest BCUT2D eigenvalue weighted by atomic mass is 32.1. The van der Waals surface area contributed by atoms with E-state index in [9.17, 15) is 19.8 Å². The van der Waals surface area contributed by atoms with Gasteiger partial charge in [0.05, 0.1) is 31.5 Å². The Bertz CT molecular complexity index is 1050. The Labute approximate surface area is 187 Å². The van der Waals surface area contributed by atoms with Gasteiger partial charge in [-0.15, -0.1) is 0 Å². The Kier molecular flexibility index (Phi) is 7.87. The second-order valence-electron chi connectivity index (χ2n) is 7.18. The quantitative estimate of drug-likeness (QED) is 0.167. The monoisotopic (exact) mass is 467 g/mol. The molecule has 0 saturated carbocycles. The van der Waals surface area contributed by atoms with E-state index in [4.69, 9.17) is 27.8 Å². The summed E-state index contributed by atoms with van der Waals surface area (Å²) in [6.45, 7) is 0.346. The lowest BCUT2D eigenvalue weighted by molar-refractivity contribution is -0.139. The Morgan fingerprint density at radius 3 is 2.88 bits per heavy atom. The number of aliphatic hydroxyl groups excluding tert-OH is 2. The molecule has 14 heteroatoms. The number of aliphatic hydroxyl groups is 2. The van der Waals surface area contributed by atoms with E-state index in [0.717, 1.165) is 0 Å². The molecule has 4 atom stereocenters. The van der Waals surface area contributed by atoms with Crippen molar-refractivity contribution in [3.8, 4) is 0 Å². The van der Waals surface area contributed by atoms with Gasteiger partial charge >= 0.3 is 5.97 Å². The molecule has 13 nitrogen and oxygen atoms in total. The zero-order chi connectivity index (χ0) is 23.3. The van der Waals surface area contributed by atoms with Gasteiger partial charge in [-0.25, -0.2) is 9.97 Å². The van der Waals surface area contributed by atoms with Crippen molar-refractivity contribution in [3.63, 3.8) is 0 Å². The van der Waals surface area contributed by atoms with Gasteiger partial charge in [-0.1, -0.05) is 24.4 Å². The number of aromatic amines is 1. The number of carboxylic acids is 1. The van der Waals surface area contributed by atoms with Crippen molar-refractivity contribution in [1.82, 2.24) is 24.8 Å². The van der Waals surface area contributed by atoms with Gasteiger partial charge in [0, 0.05) is 19.5 Å². The third-order valence-electron chi connectivity index (χ3n) is 4.77. The normalized spacial score (nSPS) is 21.8. The molecule has 2 unspecified atom stereocenters. The molecule has 3 heterocycles. The number of carboxylic acid groups (broad SMARTS) is 1. The minimum Gasteiger partial charge on any atom is -0.481 e. The number of fused-ring (bicyclic) bond motifs is 1. The van der Waals surface area contributed by atoms with Gasteiger partial charge in [-0.05, 0) is 0 Å². The van der Waals surface area contributed by atoms with Crippen LogP contribution >= 0.6 is 12.2 Å². The predicted molar refractivity (Wildman–Crippen MR) is 115 cm³/mol. The number of nitrogens with two attached hydrogens (primary N) is 1. The Hall–Kier alpha value is -2.91. The van der Waals surface area contributed by atoms with E-state index in [0.29, 0.717) is 30.1 Å². The first-order valence-electron chi connectivity index (χ1n) is 9.85. The van der Waals surface area contributed by atoms with Crippen LogP contribution in [-0.2, 0) is 14.3 Å². The summed E-state index contributed by atoms with van der Waals surface area (Å²) in [4.78, 5) is 33.8.